The van der Waals surface area contributed by atoms with Gasteiger partial charge < -0.3 is 4.74 Å². The Labute approximate surface area is 223 Å². The predicted octanol–water partition coefficient (Wildman–Crippen LogP) is 5.54. The Bertz CT molecular complexity index is 1350. The molecule has 2 heterocycles. The van der Waals surface area contributed by atoms with Gasteiger partial charge in [-0.15, -0.1) is 0 Å². The van der Waals surface area contributed by atoms with E-state index in [1.54, 1.807) is 6.20 Å². The number of aromatic nitrogens is 2. The molecule has 0 amide bonds. The average molecular weight is 506 g/mol. The van der Waals surface area contributed by atoms with Crippen molar-refractivity contribution in [3.05, 3.63) is 120 Å². The van der Waals surface area contributed by atoms with E-state index < -0.39 is 5.92 Å². The topological polar surface area (TPSA) is 72.4 Å². The lowest BCUT2D eigenvalue weighted by Crippen LogP contribution is -2.35. The minimum absolute atomic E-state index is 0.257. The van der Waals surface area contributed by atoms with Gasteiger partial charge in [0.25, 0.3) is 0 Å². The van der Waals surface area contributed by atoms with Gasteiger partial charge in [-0.05, 0) is 54.6 Å². The van der Waals surface area contributed by atoms with E-state index in [4.69, 9.17) is 4.74 Å². The summed E-state index contributed by atoms with van der Waals surface area (Å²) in [5.41, 5.74) is 4.66. The standard InChI is InChI=1S/C32H31N3O3/c36-22-29-19-33-20-30(34-29)27-12-7-13-28(18-27)31(26-10-5-2-6-11-26)32(37)38-23-25-14-16-35(17-15-25)21-24-8-3-1-4-9-24/h1-13,18-20,22,25,31H,14-17,21,23H2. The molecule has 0 radical (unpaired) electrons. The molecule has 0 N–H and O–H groups in total. The van der Waals surface area contributed by atoms with E-state index in [0.717, 1.165) is 49.2 Å². The fraction of sp³-hybridized carbons (Fsp3) is 0.250. The molecule has 1 aliphatic heterocycles. The monoisotopic (exact) mass is 505 g/mol. The van der Waals surface area contributed by atoms with E-state index in [1.807, 2.05) is 60.7 Å². The van der Waals surface area contributed by atoms with Gasteiger partial charge in [0, 0.05) is 12.1 Å². The molecular weight excluding hydrogens is 474 g/mol. The van der Waals surface area contributed by atoms with Gasteiger partial charge in [0.15, 0.2) is 6.29 Å². The molecule has 0 saturated carbocycles. The molecule has 4 aromatic rings. The largest absolute Gasteiger partial charge is 0.465 e. The van der Waals surface area contributed by atoms with Crippen LogP contribution in [0.1, 0.15) is 45.9 Å². The summed E-state index contributed by atoms with van der Waals surface area (Å²) in [5.74, 6) is -0.459. The zero-order valence-electron chi connectivity index (χ0n) is 21.3. The number of hydrogen-bond acceptors (Lipinski definition) is 6. The van der Waals surface area contributed by atoms with Crippen LogP contribution in [0.25, 0.3) is 11.3 Å². The van der Waals surface area contributed by atoms with Crippen molar-refractivity contribution in [1.82, 2.24) is 14.9 Å². The van der Waals surface area contributed by atoms with Crippen LogP contribution in [0.3, 0.4) is 0 Å². The summed E-state index contributed by atoms with van der Waals surface area (Å²) < 4.78 is 5.96. The van der Waals surface area contributed by atoms with Crippen molar-refractivity contribution in [1.29, 1.82) is 0 Å². The van der Waals surface area contributed by atoms with Crippen LogP contribution in [0.15, 0.2) is 97.3 Å². The number of esters is 1. The molecule has 0 bridgehead atoms. The number of carbonyl (C=O) groups excluding carboxylic acids is 2. The van der Waals surface area contributed by atoms with Crippen LogP contribution in [0.2, 0.25) is 0 Å². The summed E-state index contributed by atoms with van der Waals surface area (Å²) >= 11 is 0. The summed E-state index contributed by atoms with van der Waals surface area (Å²) in [6.07, 6.45) is 5.74. The lowest BCUT2D eigenvalue weighted by Gasteiger charge is -2.32. The molecular formula is C32H31N3O3. The number of likely N-dealkylation sites (tertiary alicyclic amines) is 1. The van der Waals surface area contributed by atoms with E-state index in [9.17, 15) is 9.59 Å². The Balaban J connectivity index is 1.27. The minimum atomic E-state index is -0.559. The molecule has 1 aromatic heterocycles. The second kappa shape index (κ2) is 12.4. The summed E-state index contributed by atoms with van der Waals surface area (Å²) in [7, 11) is 0. The van der Waals surface area contributed by atoms with Gasteiger partial charge in [0.1, 0.15) is 11.6 Å². The quantitative estimate of drug-likeness (QED) is 0.220. The lowest BCUT2D eigenvalue weighted by atomic mass is 9.90. The SMILES string of the molecule is O=Cc1cncc(-c2cccc(C(C(=O)OCC3CCN(Cc4ccccc4)CC3)c3ccccc3)c2)n1. The highest BCUT2D eigenvalue weighted by Gasteiger charge is 2.27. The second-order valence-electron chi connectivity index (χ2n) is 9.75. The number of piperidine rings is 1. The first-order chi connectivity index (χ1) is 18.7. The summed E-state index contributed by atoms with van der Waals surface area (Å²) in [5, 5.41) is 0. The maximum Gasteiger partial charge on any atom is 0.317 e. The molecule has 0 aliphatic carbocycles. The van der Waals surface area contributed by atoms with Crippen LogP contribution in [0, 0.1) is 5.92 Å². The number of carbonyl (C=O) groups is 2. The van der Waals surface area contributed by atoms with Gasteiger partial charge in [0.05, 0.1) is 24.7 Å². The minimum Gasteiger partial charge on any atom is -0.465 e. The number of aldehydes is 1. The van der Waals surface area contributed by atoms with E-state index in [0.29, 0.717) is 24.5 Å². The smallest absolute Gasteiger partial charge is 0.317 e. The Morgan fingerprint density at radius 2 is 1.63 bits per heavy atom. The van der Waals surface area contributed by atoms with Crippen molar-refractivity contribution < 1.29 is 14.3 Å². The lowest BCUT2D eigenvalue weighted by molar-refractivity contribution is -0.146. The van der Waals surface area contributed by atoms with Crippen molar-refractivity contribution >= 4 is 12.3 Å². The van der Waals surface area contributed by atoms with Crippen molar-refractivity contribution in [2.45, 2.75) is 25.3 Å². The van der Waals surface area contributed by atoms with Gasteiger partial charge in [0.2, 0.25) is 0 Å². The molecule has 1 atom stereocenters. The van der Waals surface area contributed by atoms with Gasteiger partial charge in [-0.2, -0.15) is 0 Å². The number of ether oxygens (including phenoxy) is 1. The number of nitrogens with zero attached hydrogens (tertiary/aromatic N) is 3. The van der Waals surface area contributed by atoms with Crippen molar-refractivity contribution in [3.8, 4) is 11.3 Å². The normalized spacial score (nSPS) is 15.1. The third-order valence-electron chi connectivity index (χ3n) is 7.08. The number of benzene rings is 3. The predicted molar refractivity (Wildman–Crippen MR) is 147 cm³/mol. The Morgan fingerprint density at radius 3 is 2.37 bits per heavy atom. The van der Waals surface area contributed by atoms with E-state index in [1.165, 1.54) is 11.8 Å². The van der Waals surface area contributed by atoms with Crippen molar-refractivity contribution in [2.24, 2.45) is 5.92 Å². The van der Waals surface area contributed by atoms with Gasteiger partial charge in [-0.1, -0.05) is 78.9 Å². The molecule has 192 valence electrons. The highest BCUT2D eigenvalue weighted by atomic mass is 16.5. The summed E-state index contributed by atoms with van der Waals surface area (Å²) in [6.45, 7) is 3.39. The Kier molecular flexibility index (Phi) is 8.31. The zero-order chi connectivity index (χ0) is 26.2. The molecule has 6 nitrogen and oxygen atoms in total. The Morgan fingerprint density at radius 1 is 0.921 bits per heavy atom. The molecule has 1 unspecified atom stereocenters. The highest BCUT2D eigenvalue weighted by Crippen LogP contribution is 2.30. The van der Waals surface area contributed by atoms with Crippen LogP contribution in [0.5, 0.6) is 0 Å². The van der Waals surface area contributed by atoms with E-state index >= 15 is 0 Å². The maximum atomic E-state index is 13.5. The van der Waals surface area contributed by atoms with Crippen molar-refractivity contribution in [2.75, 3.05) is 19.7 Å². The molecule has 0 spiro atoms. The summed E-state index contributed by atoms with van der Waals surface area (Å²) in [6, 6.07) is 27.9. The number of hydrogen-bond donors (Lipinski definition) is 0. The van der Waals surface area contributed by atoms with Crippen molar-refractivity contribution in [3.63, 3.8) is 0 Å². The molecule has 5 rings (SSSR count). The van der Waals surface area contributed by atoms with Crippen LogP contribution in [0.4, 0.5) is 0 Å². The van der Waals surface area contributed by atoms with E-state index in [-0.39, 0.29) is 11.7 Å². The molecule has 3 aromatic carbocycles. The van der Waals surface area contributed by atoms with Crippen LogP contribution < -0.4 is 0 Å². The molecule has 1 fully saturated rings. The average Bonchev–Trinajstić information content (AvgIpc) is 2.98. The first-order valence-corrected chi connectivity index (χ1v) is 13.0. The molecule has 1 aliphatic rings. The zero-order valence-corrected chi connectivity index (χ0v) is 21.3. The van der Waals surface area contributed by atoms with Gasteiger partial charge >= 0.3 is 5.97 Å². The first kappa shape index (κ1) is 25.5. The third kappa shape index (κ3) is 6.39. The van der Waals surface area contributed by atoms with Crippen LogP contribution in [-0.2, 0) is 16.1 Å². The van der Waals surface area contributed by atoms with Gasteiger partial charge in [-0.25, -0.2) is 4.98 Å². The van der Waals surface area contributed by atoms with E-state index in [2.05, 4.69) is 39.1 Å². The summed E-state index contributed by atoms with van der Waals surface area (Å²) in [4.78, 5) is 35.7. The fourth-order valence-electron chi connectivity index (χ4n) is 5.00. The molecule has 38 heavy (non-hydrogen) atoms. The van der Waals surface area contributed by atoms with Gasteiger partial charge in [-0.3, -0.25) is 19.5 Å². The number of rotatable bonds is 9. The molecule has 1 saturated heterocycles. The third-order valence-corrected chi connectivity index (χ3v) is 7.08. The first-order valence-electron chi connectivity index (χ1n) is 13.0. The second-order valence-corrected chi connectivity index (χ2v) is 9.75. The maximum absolute atomic E-state index is 13.5. The Hall–Kier alpha value is -4.16. The van der Waals surface area contributed by atoms with Crippen LogP contribution in [-0.4, -0.2) is 46.8 Å². The molecule has 6 heteroatoms. The fourth-order valence-corrected chi connectivity index (χ4v) is 5.00. The van der Waals surface area contributed by atoms with Crippen LogP contribution >= 0.6 is 0 Å². The highest BCUT2D eigenvalue weighted by molar-refractivity contribution is 5.83.